The second-order valence-electron chi connectivity index (χ2n) is 4.25. The highest BCUT2D eigenvalue weighted by molar-refractivity contribution is 7.12. The van der Waals surface area contributed by atoms with Gasteiger partial charge < -0.3 is 5.32 Å². The van der Waals surface area contributed by atoms with Gasteiger partial charge in [0.15, 0.2) is 0 Å². The minimum Gasteiger partial charge on any atom is -0.308 e. The molecular formula is C13H16N4S. The zero-order chi connectivity index (χ0) is 13.1. The summed E-state index contributed by atoms with van der Waals surface area (Å²) in [6.45, 7) is 5.71. The highest BCUT2D eigenvalue weighted by Gasteiger charge is 2.08. The van der Waals surface area contributed by atoms with Gasteiger partial charge in [-0.2, -0.15) is 10.4 Å². The number of nitrogens with one attached hydrogen (secondary N) is 1. The van der Waals surface area contributed by atoms with Gasteiger partial charge in [0.2, 0.25) is 0 Å². The molecule has 0 aliphatic rings. The molecule has 0 fully saturated rings. The van der Waals surface area contributed by atoms with Crippen molar-refractivity contribution in [1.29, 1.82) is 5.26 Å². The van der Waals surface area contributed by atoms with Gasteiger partial charge in [-0.1, -0.05) is 0 Å². The van der Waals surface area contributed by atoms with Crippen LogP contribution >= 0.6 is 11.3 Å². The minimum atomic E-state index is 0.764. The van der Waals surface area contributed by atoms with Crippen molar-refractivity contribution in [1.82, 2.24) is 15.1 Å². The van der Waals surface area contributed by atoms with E-state index in [4.69, 9.17) is 5.26 Å². The van der Waals surface area contributed by atoms with E-state index in [9.17, 15) is 0 Å². The van der Waals surface area contributed by atoms with Crippen molar-refractivity contribution >= 4 is 11.3 Å². The molecule has 0 spiro atoms. The number of aryl methyl sites for hydroxylation is 2. The maximum Gasteiger partial charge on any atom is 0.110 e. The summed E-state index contributed by atoms with van der Waals surface area (Å²) in [5, 5.41) is 16.5. The molecule has 0 saturated heterocycles. The van der Waals surface area contributed by atoms with Crippen LogP contribution in [-0.2, 0) is 20.1 Å². The largest absolute Gasteiger partial charge is 0.308 e. The summed E-state index contributed by atoms with van der Waals surface area (Å²) in [6, 6.07) is 6.02. The number of nitriles is 1. The Hall–Kier alpha value is -1.64. The predicted molar refractivity (Wildman–Crippen MR) is 72.3 cm³/mol. The quantitative estimate of drug-likeness (QED) is 0.917. The highest BCUT2D eigenvalue weighted by Crippen LogP contribution is 2.16. The Bertz CT molecular complexity index is 589. The third kappa shape index (κ3) is 2.61. The second kappa shape index (κ2) is 5.34. The van der Waals surface area contributed by atoms with Crippen LogP contribution in [0.5, 0.6) is 0 Å². The van der Waals surface area contributed by atoms with Gasteiger partial charge >= 0.3 is 0 Å². The molecule has 0 saturated carbocycles. The first-order valence-electron chi connectivity index (χ1n) is 5.80. The first-order valence-corrected chi connectivity index (χ1v) is 6.62. The van der Waals surface area contributed by atoms with Gasteiger partial charge in [0, 0.05) is 36.3 Å². The van der Waals surface area contributed by atoms with E-state index in [0.29, 0.717) is 0 Å². The molecule has 5 heteroatoms. The maximum atomic E-state index is 8.76. The van der Waals surface area contributed by atoms with Crippen LogP contribution in [0, 0.1) is 25.2 Å². The van der Waals surface area contributed by atoms with E-state index in [2.05, 4.69) is 23.4 Å². The zero-order valence-electron chi connectivity index (χ0n) is 10.8. The molecule has 2 rings (SSSR count). The first kappa shape index (κ1) is 12.8. The molecule has 0 aliphatic carbocycles. The van der Waals surface area contributed by atoms with Crippen molar-refractivity contribution in [2.75, 3.05) is 0 Å². The Morgan fingerprint density at radius 1 is 1.39 bits per heavy atom. The number of nitrogens with zero attached hydrogens (tertiary/aromatic N) is 3. The van der Waals surface area contributed by atoms with Gasteiger partial charge in [-0.15, -0.1) is 11.3 Å². The third-order valence-electron chi connectivity index (χ3n) is 3.03. The van der Waals surface area contributed by atoms with Crippen LogP contribution in [0.3, 0.4) is 0 Å². The van der Waals surface area contributed by atoms with E-state index < -0.39 is 0 Å². The van der Waals surface area contributed by atoms with Crippen molar-refractivity contribution in [2.45, 2.75) is 26.9 Å². The fraction of sp³-hybridized carbons (Fsp3) is 0.385. The highest BCUT2D eigenvalue weighted by atomic mass is 32.1. The van der Waals surface area contributed by atoms with Gasteiger partial charge in [0.05, 0.1) is 5.69 Å². The van der Waals surface area contributed by atoms with E-state index in [0.717, 1.165) is 23.7 Å². The summed E-state index contributed by atoms with van der Waals surface area (Å²) >= 11 is 1.54. The maximum absolute atomic E-state index is 8.76. The van der Waals surface area contributed by atoms with Crippen LogP contribution < -0.4 is 5.32 Å². The van der Waals surface area contributed by atoms with E-state index >= 15 is 0 Å². The lowest BCUT2D eigenvalue weighted by molar-refractivity contribution is 0.690. The first-order chi connectivity index (χ1) is 8.61. The average molecular weight is 260 g/mol. The van der Waals surface area contributed by atoms with Crippen LogP contribution in [-0.4, -0.2) is 9.78 Å². The predicted octanol–water partition coefficient (Wildman–Crippen LogP) is 2.26. The number of hydrogen-bond acceptors (Lipinski definition) is 4. The number of thiophene rings is 1. The Morgan fingerprint density at radius 3 is 2.72 bits per heavy atom. The lowest BCUT2D eigenvalue weighted by atomic mass is 10.2. The molecule has 0 aliphatic heterocycles. The number of hydrogen-bond donors (Lipinski definition) is 1. The lowest BCUT2D eigenvalue weighted by Crippen LogP contribution is -2.13. The molecule has 18 heavy (non-hydrogen) atoms. The smallest absolute Gasteiger partial charge is 0.110 e. The molecule has 0 unspecified atom stereocenters. The molecule has 0 radical (unpaired) electrons. The Morgan fingerprint density at radius 2 is 2.17 bits per heavy atom. The Balaban J connectivity index is 1.94. The summed E-state index contributed by atoms with van der Waals surface area (Å²) < 4.78 is 1.91. The topological polar surface area (TPSA) is 53.6 Å². The van der Waals surface area contributed by atoms with Crippen LogP contribution in [0.4, 0.5) is 0 Å². The van der Waals surface area contributed by atoms with Crippen molar-refractivity contribution in [3.8, 4) is 6.07 Å². The Kier molecular flexibility index (Phi) is 3.80. The van der Waals surface area contributed by atoms with Crippen molar-refractivity contribution < 1.29 is 0 Å². The van der Waals surface area contributed by atoms with E-state index in [1.807, 2.05) is 30.8 Å². The normalized spacial score (nSPS) is 10.6. The molecule has 2 aromatic rings. The van der Waals surface area contributed by atoms with E-state index in [-0.39, 0.29) is 0 Å². The SMILES string of the molecule is Cc1nn(C)c(C)c1CNCc1ccc(C#N)s1. The molecule has 0 bridgehead atoms. The van der Waals surface area contributed by atoms with Gasteiger partial charge in [0.1, 0.15) is 10.9 Å². The monoisotopic (exact) mass is 260 g/mol. The fourth-order valence-corrected chi connectivity index (χ4v) is 2.69. The summed E-state index contributed by atoms with van der Waals surface area (Å²) in [7, 11) is 1.96. The lowest BCUT2D eigenvalue weighted by Gasteiger charge is -2.03. The average Bonchev–Trinajstić information content (AvgIpc) is 2.89. The number of rotatable bonds is 4. The van der Waals surface area contributed by atoms with Crippen LogP contribution in [0.2, 0.25) is 0 Å². The van der Waals surface area contributed by atoms with Gasteiger partial charge in [-0.3, -0.25) is 4.68 Å². The molecule has 1 N–H and O–H groups in total. The summed E-state index contributed by atoms with van der Waals surface area (Å²) in [5.41, 5.74) is 3.53. The van der Waals surface area contributed by atoms with E-state index in [1.165, 1.54) is 27.5 Å². The minimum absolute atomic E-state index is 0.764. The van der Waals surface area contributed by atoms with Crippen LogP contribution in [0.25, 0.3) is 0 Å². The molecule has 94 valence electrons. The van der Waals surface area contributed by atoms with Gasteiger partial charge in [0.25, 0.3) is 0 Å². The van der Waals surface area contributed by atoms with E-state index in [1.54, 1.807) is 0 Å². The fourth-order valence-electron chi connectivity index (χ4n) is 1.92. The van der Waals surface area contributed by atoms with Crippen LogP contribution in [0.1, 0.15) is 26.7 Å². The standard InChI is InChI=1S/C13H16N4S/c1-9-13(10(2)17(3)16-9)8-15-7-12-5-4-11(6-14)18-12/h4-5,15H,7-8H2,1-3H3. The summed E-state index contributed by atoms with van der Waals surface area (Å²) in [5.74, 6) is 0. The molecule has 4 nitrogen and oxygen atoms in total. The Labute approximate surface area is 111 Å². The van der Waals surface area contributed by atoms with Crippen molar-refractivity contribution in [3.05, 3.63) is 38.8 Å². The molecular weight excluding hydrogens is 244 g/mol. The summed E-state index contributed by atoms with van der Waals surface area (Å²) in [4.78, 5) is 1.95. The van der Waals surface area contributed by atoms with Crippen molar-refractivity contribution in [2.24, 2.45) is 7.05 Å². The number of aromatic nitrogens is 2. The molecule has 0 aromatic carbocycles. The molecule has 2 aromatic heterocycles. The molecule has 2 heterocycles. The summed E-state index contributed by atoms with van der Waals surface area (Å²) in [6.07, 6.45) is 0. The third-order valence-corrected chi connectivity index (χ3v) is 4.02. The zero-order valence-corrected chi connectivity index (χ0v) is 11.6. The van der Waals surface area contributed by atoms with Gasteiger partial charge in [-0.05, 0) is 26.0 Å². The van der Waals surface area contributed by atoms with Crippen LogP contribution in [0.15, 0.2) is 12.1 Å². The van der Waals surface area contributed by atoms with Crippen molar-refractivity contribution in [3.63, 3.8) is 0 Å². The molecule has 0 atom stereocenters. The molecule has 0 amide bonds. The second-order valence-corrected chi connectivity index (χ2v) is 5.42. The van der Waals surface area contributed by atoms with Gasteiger partial charge in [-0.25, -0.2) is 0 Å².